The van der Waals surface area contributed by atoms with Crippen LogP contribution in [0.1, 0.15) is 19.8 Å². The van der Waals surface area contributed by atoms with Crippen LogP contribution in [0.4, 0.5) is 5.82 Å². The molecule has 0 unspecified atom stereocenters. The fraction of sp³-hybridized carbons (Fsp3) is 0.333. The van der Waals surface area contributed by atoms with Gasteiger partial charge in [-0.2, -0.15) is 15.2 Å². The Morgan fingerprint density at radius 3 is 3.00 bits per heavy atom. The number of aromatic nitrogens is 2. The summed E-state index contributed by atoms with van der Waals surface area (Å²) in [6, 6.07) is 3.45. The topological polar surface area (TPSA) is 58.5 Å². The Hall–Kier alpha value is -1.78. The van der Waals surface area contributed by atoms with E-state index in [0.717, 1.165) is 12.1 Å². The maximum atomic E-state index is 11.5. The van der Waals surface area contributed by atoms with E-state index in [-0.39, 0.29) is 5.91 Å². The first-order valence-electron chi connectivity index (χ1n) is 4.48. The highest BCUT2D eigenvalue weighted by atomic mass is 16.2. The molecule has 0 N–H and O–H groups in total. The van der Waals surface area contributed by atoms with Gasteiger partial charge >= 0.3 is 0 Å². The van der Waals surface area contributed by atoms with Gasteiger partial charge < -0.3 is 0 Å². The summed E-state index contributed by atoms with van der Waals surface area (Å²) in [4.78, 5) is 11.5. The zero-order valence-electron chi connectivity index (χ0n) is 7.84. The van der Waals surface area contributed by atoms with E-state index < -0.39 is 0 Å². The van der Waals surface area contributed by atoms with Crippen LogP contribution >= 0.6 is 0 Å². The molecule has 14 heavy (non-hydrogen) atoms. The molecule has 0 spiro atoms. The van der Waals surface area contributed by atoms with Crippen molar-refractivity contribution in [2.45, 2.75) is 19.8 Å². The van der Waals surface area contributed by atoms with Crippen LogP contribution in [0.3, 0.4) is 0 Å². The maximum Gasteiger partial charge on any atom is 0.254 e. The van der Waals surface area contributed by atoms with Crippen molar-refractivity contribution in [1.29, 1.82) is 0 Å². The van der Waals surface area contributed by atoms with Crippen molar-refractivity contribution in [3.63, 3.8) is 0 Å². The van der Waals surface area contributed by atoms with E-state index in [9.17, 15) is 4.79 Å². The lowest BCUT2D eigenvalue weighted by Gasteiger charge is -2.07. The quantitative estimate of drug-likeness (QED) is 0.698. The van der Waals surface area contributed by atoms with Crippen molar-refractivity contribution in [1.82, 2.24) is 10.2 Å². The van der Waals surface area contributed by atoms with Crippen LogP contribution in [0.5, 0.6) is 0 Å². The summed E-state index contributed by atoms with van der Waals surface area (Å²) in [5.74, 6) is 0.448. The summed E-state index contributed by atoms with van der Waals surface area (Å²) in [7, 11) is 0. The van der Waals surface area contributed by atoms with Crippen LogP contribution in [0.2, 0.25) is 0 Å². The third kappa shape index (κ3) is 1.48. The fourth-order valence-electron chi connectivity index (χ4n) is 1.26. The van der Waals surface area contributed by atoms with E-state index in [2.05, 4.69) is 15.3 Å². The molecule has 0 saturated heterocycles. The van der Waals surface area contributed by atoms with Crippen molar-refractivity contribution in [2.75, 3.05) is 5.01 Å². The summed E-state index contributed by atoms with van der Waals surface area (Å²) in [5, 5.41) is 13.0. The molecule has 1 aromatic rings. The smallest absolute Gasteiger partial charge is 0.254 e. The van der Waals surface area contributed by atoms with Crippen molar-refractivity contribution < 1.29 is 4.79 Å². The Kier molecular flexibility index (Phi) is 2.22. The lowest BCUT2D eigenvalue weighted by atomic mass is 10.2. The second-order valence-electron chi connectivity index (χ2n) is 2.98. The number of anilines is 1. The van der Waals surface area contributed by atoms with E-state index >= 15 is 0 Å². The lowest BCUT2D eigenvalue weighted by molar-refractivity contribution is -0.116. The van der Waals surface area contributed by atoms with E-state index in [0.29, 0.717) is 12.2 Å². The Bertz CT molecular complexity index is 374. The summed E-state index contributed by atoms with van der Waals surface area (Å²) in [6.07, 6.45) is 2.75. The van der Waals surface area contributed by atoms with Gasteiger partial charge in [0, 0.05) is 11.9 Å². The molecule has 2 rings (SSSR count). The second-order valence-corrected chi connectivity index (χ2v) is 2.98. The van der Waals surface area contributed by atoms with Gasteiger partial charge in [-0.05, 0) is 18.6 Å². The van der Waals surface area contributed by atoms with Gasteiger partial charge in [-0.1, -0.05) is 6.92 Å². The summed E-state index contributed by atoms with van der Waals surface area (Å²) < 4.78 is 0. The Morgan fingerprint density at radius 1 is 1.57 bits per heavy atom. The van der Waals surface area contributed by atoms with Gasteiger partial charge in [0.25, 0.3) is 5.91 Å². The second kappa shape index (κ2) is 3.53. The largest absolute Gasteiger partial charge is 0.272 e. The zero-order chi connectivity index (χ0) is 9.97. The molecule has 72 valence electrons. The molecule has 2 heterocycles. The van der Waals surface area contributed by atoms with E-state index in [1.807, 2.05) is 6.92 Å². The molecule has 0 aliphatic carbocycles. The van der Waals surface area contributed by atoms with Crippen LogP contribution in [0, 0.1) is 0 Å². The molecule has 0 saturated carbocycles. The van der Waals surface area contributed by atoms with Gasteiger partial charge in [0.2, 0.25) is 0 Å². The standard InChI is InChI=1S/C9H10N4O/c1-2-7-6-9(14)13(12-7)8-4-3-5-10-11-8/h3-5H,2,6H2,1H3. The molecule has 0 aromatic carbocycles. The molecule has 0 radical (unpaired) electrons. The molecule has 0 bridgehead atoms. The first kappa shape index (κ1) is 8.80. The van der Waals surface area contributed by atoms with Crippen LogP contribution in [-0.4, -0.2) is 21.8 Å². The van der Waals surface area contributed by atoms with Gasteiger partial charge in [0.05, 0.1) is 6.42 Å². The molecule has 5 nitrogen and oxygen atoms in total. The maximum absolute atomic E-state index is 11.5. The third-order valence-corrected chi connectivity index (χ3v) is 2.02. The number of nitrogens with zero attached hydrogens (tertiary/aromatic N) is 4. The SMILES string of the molecule is CCC1=NN(c2cccnn2)C(=O)C1. The first-order valence-corrected chi connectivity index (χ1v) is 4.48. The molecule has 1 aromatic heterocycles. The summed E-state index contributed by atoms with van der Waals surface area (Å²) >= 11 is 0. The molecule has 1 amide bonds. The number of amides is 1. The predicted octanol–water partition coefficient (Wildman–Crippen LogP) is 0.979. The highest BCUT2D eigenvalue weighted by molar-refractivity contribution is 6.12. The first-order chi connectivity index (χ1) is 6.81. The van der Waals surface area contributed by atoms with Gasteiger partial charge in [0.15, 0.2) is 5.82 Å². The number of rotatable bonds is 2. The van der Waals surface area contributed by atoms with E-state index in [1.54, 1.807) is 18.3 Å². The molecule has 1 aliphatic rings. The van der Waals surface area contributed by atoms with Crippen molar-refractivity contribution in [3.05, 3.63) is 18.3 Å². The fourth-order valence-corrected chi connectivity index (χ4v) is 1.26. The number of carbonyl (C=O) groups is 1. The van der Waals surface area contributed by atoms with Crippen molar-refractivity contribution in [3.8, 4) is 0 Å². The van der Waals surface area contributed by atoms with Crippen molar-refractivity contribution >= 4 is 17.4 Å². The summed E-state index contributed by atoms with van der Waals surface area (Å²) in [5.41, 5.74) is 0.889. The van der Waals surface area contributed by atoms with Crippen LogP contribution in [0.25, 0.3) is 0 Å². The molecular formula is C9H10N4O. The molecular weight excluding hydrogens is 180 g/mol. The lowest BCUT2D eigenvalue weighted by Crippen LogP contribution is -2.20. The van der Waals surface area contributed by atoms with Gasteiger partial charge in [-0.15, -0.1) is 5.10 Å². The average molecular weight is 190 g/mol. The molecule has 0 fully saturated rings. The predicted molar refractivity (Wildman–Crippen MR) is 51.9 cm³/mol. The monoisotopic (exact) mass is 190 g/mol. The minimum absolute atomic E-state index is 0.0395. The molecule has 5 heteroatoms. The van der Waals surface area contributed by atoms with Crippen LogP contribution < -0.4 is 5.01 Å². The Morgan fingerprint density at radius 2 is 2.43 bits per heavy atom. The van der Waals surface area contributed by atoms with Gasteiger partial charge in [-0.25, -0.2) is 0 Å². The number of hydrogen-bond acceptors (Lipinski definition) is 4. The van der Waals surface area contributed by atoms with Crippen molar-refractivity contribution in [2.24, 2.45) is 5.10 Å². The highest BCUT2D eigenvalue weighted by Gasteiger charge is 2.24. The minimum Gasteiger partial charge on any atom is -0.272 e. The molecule has 0 atom stereocenters. The van der Waals surface area contributed by atoms with Crippen LogP contribution in [0.15, 0.2) is 23.4 Å². The summed E-state index contributed by atoms with van der Waals surface area (Å²) in [6.45, 7) is 1.98. The number of hydrogen-bond donors (Lipinski definition) is 0. The molecule has 1 aliphatic heterocycles. The Labute approximate surface area is 81.4 Å². The average Bonchev–Trinajstić information content (AvgIpc) is 2.61. The van der Waals surface area contributed by atoms with E-state index in [4.69, 9.17) is 0 Å². The van der Waals surface area contributed by atoms with Gasteiger partial charge in [0.1, 0.15) is 0 Å². The van der Waals surface area contributed by atoms with E-state index in [1.165, 1.54) is 5.01 Å². The minimum atomic E-state index is -0.0395. The third-order valence-electron chi connectivity index (χ3n) is 2.02. The Balaban J connectivity index is 2.28. The van der Waals surface area contributed by atoms with Crippen LogP contribution in [-0.2, 0) is 4.79 Å². The normalized spacial score (nSPS) is 15.9. The highest BCUT2D eigenvalue weighted by Crippen LogP contribution is 2.17. The number of carbonyl (C=O) groups excluding carboxylic acids is 1. The number of hydrazone groups is 1. The zero-order valence-corrected chi connectivity index (χ0v) is 7.84. The van der Waals surface area contributed by atoms with Gasteiger partial charge in [-0.3, -0.25) is 4.79 Å².